The second kappa shape index (κ2) is 11.6. The Morgan fingerprint density at radius 2 is 1.63 bits per heavy atom. The number of para-hydroxylation sites is 1. The first-order valence-electron chi connectivity index (χ1n) is 10.9. The zero-order valence-electron chi connectivity index (χ0n) is 20.7. The van der Waals surface area contributed by atoms with E-state index < -0.39 is 34.2 Å². The Kier molecular flexibility index (Phi) is 9.58. The Morgan fingerprint density at radius 1 is 1.03 bits per heavy atom. The fourth-order valence-electron chi connectivity index (χ4n) is 3.20. The Labute approximate surface area is 218 Å². The highest BCUT2D eigenvalue weighted by Gasteiger charge is 2.33. The van der Waals surface area contributed by atoms with Gasteiger partial charge in [-0.3, -0.25) is 9.59 Å². The SMILES string of the molecule is C[C@H](C(=O)NC(C)(C)C)N(Cc1ccc(Cl)cc1Cl)C(=O)CN(c1ccccc1)S(=O)(=O)N(C)C. The second-order valence-electron chi connectivity index (χ2n) is 9.30. The molecule has 1 atom stereocenters. The van der Waals surface area contributed by atoms with Crippen molar-refractivity contribution >= 4 is 50.9 Å². The van der Waals surface area contributed by atoms with E-state index >= 15 is 0 Å². The van der Waals surface area contributed by atoms with Crippen molar-refractivity contribution in [3.05, 3.63) is 64.1 Å². The molecule has 2 rings (SSSR count). The number of nitrogens with one attached hydrogen (secondary N) is 1. The van der Waals surface area contributed by atoms with Crippen LogP contribution >= 0.6 is 23.2 Å². The first-order valence-corrected chi connectivity index (χ1v) is 13.1. The van der Waals surface area contributed by atoms with Crippen molar-refractivity contribution in [1.29, 1.82) is 0 Å². The molecule has 192 valence electrons. The Hall–Kier alpha value is -2.33. The number of amides is 2. The predicted octanol–water partition coefficient (Wildman–Crippen LogP) is 3.94. The number of halogens is 2. The van der Waals surface area contributed by atoms with Crippen LogP contribution in [0, 0.1) is 0 Å². The standard InChI is InChI=1S/C24H32Cl2N4O4S/c1-17(23(32)27-24(2,3)4)29(15-18-12-13-19(25)14-21(18)26)22(31)16-30(35(33,34)28(5)6)20-10-8-7-9-11-20/h7-14,17H,15-16H2,1-6H3,(H,27,32)/t17-/m1/s1. The lowest BCUT2D eigenvalue weighted by Gasteiger charge is -2.34. The molecule has 35 heavy (non-hydrogen) atoms. The number of benzene rings is 2. The lowest BCUT2D eigenvalue weighted by atomic mass is 10.1. The molecule has 0 fully saturated rings. The summed E-state index contributed by atoms with van der Waals surface area (Å²) in [5.41, 5.74) is 0.370. The van der Waals surface area contributed by atoms with Crippen LogP contribution in [-0.4, -0.2) is 61.7 Å². The van der Waals surface area contributed by atoms with Gasteiger partial charge in [-0.15, -0.1) is 0 Å². The topological polar surface area (TPSA) is 90.0 Å². The average Bonchev–Trinajstić information content (AvgIpc) is 2.75. The van der Waals surface area contributed by atoms with Gasteiger partial charge in [0.25, 0.3) is 0 Å². The van der Waals surface area contributed by atoms with Gasteiger partial charge in [-0.25, -0.2) is 4.31 Å². The third-order valence-corrected chi connectivity index (χ3v) is 7.49. The van der Waals surface area contributed by atoms with Gasteiger partial charge in [-0.1, -0.05) is 47.5 Å². The summed E-state index contributed by atoms with van der Waals surface area (Å²) in [5.74, 6) is -0.945. The van der Waals surface area contributed by atoms with E-state index in [0.29, 0.717) is 21.3 Å². The molecule has 0 saturated heterocycles. The summed E-state index contributed by atoms with van der Waals surface area (Å²) < 4.78 is 28.2. The van der Waals surface area contributed by atoms with Crippen molar-refractivity contribution in [3.63, 3.8) is 0 Å². The minimum Gasteiger partial charge on any atom is -0.350 e. The molecule has 0 aliphatic heterocycles. The number of nitrogens with zero attached hydrogens (tertiary/aromatic N) is 3. The number of hydrogen-bond acceptors (Lipinski definition) is 4. The van der Waals surface area contributed by atoms with Crippen molar-refractivity contribution in [3.8, 4) is 0 Å². The van der Waals surface area contributed by atoms with Crippen molar-refractivity contribution in [2.24, 2.45) is 0 Å². The van der Waals surface area contributed by atoms with Crippen LogP contribution in [0.15, 0.2) is 48.5 Å². The van der Waals surface area contributed by atoms with Crippen LogP contribution in [0.1, 0.15) is 33.3 Å². The van der Waals surface area contributed by atoms with Crippen LogP contribution in [0.2, 0.25) is 10.0 Å². The van der Waals surface area contributed by atoms with Crippen molar-refractivity contribution < 1.29 is 18.0 Å². The van der Waals surface area contributed by atoms with Gasteiger partial charge in [-0.2, -0.15) is 12.7 Å². The third kappa shape index (κ3) is 7.83. The van der Waals surface area contributed by atoms with E-state index in [1.54, 1.807) is 55.5 Å². The zero-order chi connectivity index (χ0) is 26.6. The fraction of sp³-hybridized carbons (Fsp3) is 0.417. The summed E-state index contributed by atoms with van der Waals surface area (Å²) in [6.45, 7) is 6.57. The number of carbonyl (C=O) groups is 2. The first kappa shape index (κ1) is 28.9. The molecule has 0 unspecified atom stereocenters. The third-order valence-electron chi connectivity index (χ3n) is 5.08. The summed E-state index contributed by atoms with van der Waals surface area (Å²) in [7, 11) is -1.23. The predicted molar refractivity (Wildman–Crippen MR) is 141 cm³/mol. The van der Waals surface area contributed by atoms with Crippen LogP contribution in [0.5, 0.6) is 0 Å². The van der Waals surface area contributed by atoms with E-state index in [1.807, 2.05) is 20.8 Å². The molecule has 11 heteroatoms. The lowest BCUT2D eigenvalue weighted by Crippen LogP contribution is -2.55. The molecule has 0 aromatic heterocycles. The maximum atomic E-state index is 13.6. The van der Waals surface area contributed by atoms with Crippen molar-refractivity contribution in [2.45, 2.75) is 45.8 Å². The molecule has 0 bridgehead atoms. The van der Waals surface area contributed by atoms with E-state index in [1.165, 1.54) is 19.0 Å². The van der Waals surface area contributed by atoms with Crippen LogP contribution in [0.25, 0.3) is 0 Å². The highest BCUT2D eigenvalue weighted by Crippen LogP contribution is 2.25. The zero-order valence-corrected chi connectivity index (χ0v) is 23.1. The van der Waals surface area contributed by atoms with Gasteiger partial charge in [0.15, 0.2) is 0 Å². The Bertz CT molecular complexity index is 1150. The maximum Gasteiger partial charge on any atom is 0.304 e. The summed E-state index contributed by atoms with van der Waals surface area (Å²) >= 11 is 12.4. The molecule has 0 saturated carbocycles. The van der Waals surface area contributed by atoms with Crippen LogP contribution in [0.3, 0.4) is 0 Å². The van der Waals surface area contributed by atoms with Gasteiger partial charge in [0.1, 0.15) is 12.6 Å². The highest BCUT2D eigenvalue weighted by molar-refractivity contribution is 7.90. The number of hydrogen-bond donors (Lipinski definition) is 1. The van der Waals surface area contributed by atoms with E-state index in [9.17, 15) is 18.0 Å². The second-order valence-corrected chi connectivity index (χ2v) is 12.2. The molecule has 0 aliphatic carbocycles. The summed E-state index contributed by atoms with van der Waals surface area (Å²) in [6.07, 6.45) is 0. The quantitative estimate of drug-likeness (QED) is 0.519. The van der Waals surface area contributed by atoms with Gasteiger partial charge >= 0.3 is 10.2 Å². The number of carbonyl (C=O) groups excluding carboxylic acids is 2. The fourth-order valence-corrected chi connectivity index (χ4v) is 4.73. The molecule has 2 aromatic carbocycles. The van der Waals surface area contributed by atoms with E-state index in [2.05, 4.69) is 5.32 Å². The number of anilines is 1. The largest absolute Gasteiger partial charge is 0.350 e. The van der Waals surface area contributed by atoms with E-state index in [4.69, 9.17) is 23.2 Å². The molecule has 0 radical (unpaired) electrons. The van der Waals surface area contributed by atoms with Crippen molar-refractivity contribution in [2.75, 3.05) is 24.9 Å². The molecule has 0 aliphatic rings. The average molecular weight is 544 g/mol. The molecule has 1 N–H and O–H groups in total. The molecular weight excluding hydrogens is 511 g/mol. The molecule has 8 nitrogen and oxygen atoms in total. The van der Waals surface area contributed by atoms with E-state index in [-0.39, 0.29) is 12.5 Å². The van der Waals surface area contributed by atoms with E-state index in [0.717, 1.165) is 8.61 Å². The maximum absolute atomic E-state index is 13.6. The van der Waals surface area contributed by atoms with Gasteiger partial charge < -0.3 is 10.2 Å². The molecule has 2 aromatic rings. The minimum atomic E-state index is -4.01. The Morgan fingerprint density at radius 3 is 2.14 bits per heavy atom. The monoisotopic (exact) mass is 542 g/mol. The summed E-state index contributed by atoms with van der Waals surface area (Å²) in [4.78, 5) is 28.0. The molecular formula is C24H32Cl2N4O4S. The smallest absolute Gasteiger partial charge is 0.304 e. The van der Waals surface area contributed by atoms with Crippen LogP contribution in [0.4, 0.5) is 5.69 Å². The normalized spacial score (nSPS) is 12.8. The Balaban J connectivity index is 2.48. The molecule has 0 spiro atoms. The van der Waals surface area contributed by atoms with Gasteiger partial charge in [0.05, 0.1) is 5.69 Å². The first-order chi connectivity index (χ1) is 16.1. The lowest BCUT2D eigenvalue weighted by molar-refractivity contribution is -0.140. The van der Waals surface area contributed by atoms with Gasteiger partial charge in [0.2, 0.25) is 11.8 Å². The minimum absolute atomic E-state index is 0.0157. The highest BCUT2D eigenvalue weighted by atomic mass is 35.5. The molecule has 0 heterocycles. The van der Waals surface area contributed by atoms with Crippen molar-refractivity contribution in [1.82, 2.24) is 14.5 Å². The summed E-state index contributed by atoms with van der Waals surface area (Å²) in [6, 6.07) is 12.3. The van der Waals surface area contributed by atoms with Crippen LogP contribution < -0.4 is 9.62 Å². The number of rotatable bonds is 9. The summed E-state index contributed by atoms with van der Waals surface area (Å²) in [5, 5.41) is 3.64. The van der Waals surface area contributed by atoms with Gasteiger partial charge in [0, 0.05) is 36.2 Å². The van der Waals surface area contributed by atoms with Gasteiger partial charge in [-0.05, 0) is 57.5 Å². The van der Waals surface area contributed by atoms with Crippen LogP contribution in [-0.2, 0) is 26.3 Å². The molecule has 2 amide bonds.